The van der Waals surface area contributed by atoms with E-state index in [1.807, 2.05) is 0 Å². The van der Waals surface area contributed by atoms with Crippen LogP contribution < -0.4 is 11.3 Å². The number of anilines is 1. The van der Waals surface area contributed by atoms with Crippen molar-refractivity contribution in [3.8, 4) is 0 Å². The molecule has 1 fully saturated rings. The molecule has 5 N–H and O–H groups in total. The topological polar surface area (TPSA) is 139 Å². The van der Waals surface area contributed by atoms with E-state index in [-0.39, 0.29) is 30.1 Å². The molecule has 0 aromatic carbocycles. The van der Waals surface area contributed by atoms with Gasteiger partial charge >= 0.3 is 0 Å². The smallest absolute Gasteiger partial charge is 0.280 e. The van der Waals surface area contributed by atoms with Crippen molar-refractivity contribution in [1.29, 1.82) is 0 Å². The predicted octanol–water partition coefficient (Wildman–Crippen LogP) is -0.895. The van der Waals surface area contributed by atoms with E-state index < -0.39 is 24.0 Å². The Hall–Kier alpha value is -1.49. The fraction of sp³-hybridized carbons (Fsp3) is 0.500. The molecule has 3 heterocycles. The SMILES string of the molecule is Nc1nc2c(nc(Br)n2[C@H]2C[C@@H](O)[C@@H](CO)O2)c(=O)[nH]1. The van der Waals surface area contributed by atoms with E-state index >= 15 is 0 Å². The third-order valence-electron chi connectivity index (χ3n) is 3.20. The van der Waals surface area contributed by atoms with Crippen molar-refractivity contribution >= 4 is 33.0 Å². The first-order chi connectivity index (χ1) is 9.51. The Bertz CT molecular complexity index is 713. The molecule has 0 spiro atoms. The largest absolute Gasteiger partial charge is 0.394 e. The van der Waals surface area contributed by atoms with Crippen LogP contribution in [0.25, 0.3) is 11.2 Å². The highest BCUT2D eigenvalue weighted by Gasteiger charge is 2.36. The molecule has 1 aliphatic rings. The van der Waals surface area contributed by atoms with Crippen LogP contribution in [-0.2, 0) is 4.74 Å². The summed E-state index contributed by atoms with van der Waals surface area (Å²) < 4.78 is 7.40. The summed E-state index contributed by atoms with van der Waals surface area (Å²) in [5, 5.41) is 18.9. The molecule has 9 nitrogen and oxygen atoms in total. The second-order valence-electron chi connectivity index (χ2n) is 4.49. The van der Waals surface area contributed by atoms with Gasteiger partial charge in [-0.3, -0.25) is 14.3 Å². The molecule has 0 aliphatic carbocycles. The van der Waals surface area contributed by atoms with Crippen LogP contribution >= 0.6 is 15.9 Å². The molecule has 0 amide bonds. The molecule has 108 valence electrons. The summed E-state index contributed by atoms with van der Waals surface area (Å²) in [4.78, 5) is 22.2. The third-order valence-corrected chi connectivity index (χ3v) is 3.76. The maximum absolute atomic E-state index is 11.8. The summed E-state index contributed by atoms with van der Waals surface area (Å²) in [6.45, 7) is -0.294. The average Bonchev–Trinajstić information content (AvgIpc) is 2.89. The molecule has 3 rings (SSSR count). The lowest BCUT2D eigenvalue weighted by Crippen LogP contribution is -2.24. The highest BCUT2D eigenvalue weighted by atomic mass is 79.9. The summed E-state index contributed by atoms with van der Waals surface area (Å²) in [7, 11) is 0. The van der Waals surface area contributed by atoms with Gasteiger partial charge in [0, 0.05) is 6.42 Å². The van der Waals surface area contributed by atoms with Gasteiger partial charge in [-0.25, -0.2) is 4.98 Å². The second-order valence-corrected chi connectivity index (χ2v) is 5.20. The number of aromatic amines is 1. The number of aliphatic hydroxyl groups is 2. The molecular weight excluding hydrogens is 334 g/mol. The molecular formula is C10H12BrN5O4. The Labute approximate surface area is 120 Å². The summed E-state index contributed by atoms with van der Waals surface area (Å²) in [5.74, 6) is -0.0339. The van der Waals surface area contributed by atoms with Crippen molar-refractivity contribution in [2.45, 2.75) is 24.9 Å². The Morgan fingerprint density at radius 2 is 2.30 bits per heavy atom. The molecule has 2 aromatic heterocycles. The Kier molecular flexibility index (Phi) is 3.24. The normalized spacial score (nSPS) is 26.4. The zero-order chi connectivity index (χ0) is 14.4. The summed E-state index contributed by atoms with van der Waals surface area (Å²) in [6, 6.07) is 0. The van der Waals surface area contributed by atoms with Gasteiger partial charge in [0.25, 0.3) is 5.56 Å². The van der Waals surface area contributed by atoms with E-state index in [0.29, 0.717) is 4.73 Å². The van der Waals surface area contributed by atoms with Crippen LogP contribution in [0.2, 0.25) is 0 Å². The molecule has 2 aromatic rings. The molecule has 1 saturated heterocycles. The maximum Gasteiger partial charge on any atom is 0.280 e. The lowest BCUT2D eigenvalue weighted by atomic mass is 10.2. The van der Waals surface area contributed by atoms with Crippen molar-refractivity contribution in [2.24, 2.45) is 0 Å². The summed E-state index contributed by atoms with van der Waals surface area (Å²) >= 11 is 3.23. The van der Waals surface area contributed by atoms with Gasteiger partial charge < -0.3 is 20.7 Å². The van der Waals surface area contributed by atoms with E-state index in [1.165, 1.54) is 4.57 Å². The number of nitrogens with one attached hydrogen (secondary N) is 1. The van der Waals surface area contributed by atoms with Gasteiger partial charge in [-0.15, -0.1) is 0 Å². The van der Waals surface area contributed by atoms with Crippen molar-refractivity contribution in [3.05, 3.63) is 15.1 Å². The van der Waals surface area contributed by atoms with Gasteiger partial charge in [-0.1, -0.05) is 0 Å². The minimum absolute atomic E-state index is 0.0339. The van der Waals surface area contributed by atoms with E-state index in [2.05, 4.69) is 30.9 Å². The van der Waals surface area contributed by atoms with Gasteiger partial charge in [-0.2, -0.15) is 4.98 Å². The van der Waals surface area contributed by atoms with Gasteiger partial charge in [0.05, 0.1) is 12.7 Å². The number of fused-ring (bicyclic) bond motifs is 1. The minimum Gasteiger partial charge on any atom is -0.394 e. The zero-order valence-electron chi connectivity index (χ0n) is 10.2. The first-order valence-electron chi connectivity index (χ1n) is 5.89. The van der Waals surface area contributed by atoms with Crippen LogP contribution in [0.4, 0.5) is 5.95 Å². The number of hydrogen-bond donors (Lipinski definition) is 4. The summed E-state index contributed by atoms with van der Waals surface area (Å²) in [5.41, 5.74) is 5.45. The number of nitrogens with zero attached hydrogens (tertiary/aromatic N) is 3. The monoisotopic (exact) mass is 345 g/mol. The van der Waals surface area contributed by atoms with E-state index in [1.54, 1.807) is 0 Å². The highest BCUT2D eigenvalue weighted by molar-refractivity contribution is 9.10. The number of aromatic nitrogens is 4. The summed E-state index contributed by atoms with van der Waals surface area (Å²) in [6.07, 6.45) is -1.81. The molecule has 0 bridgehead atoms. The van der Waals surface area contributed by atoms with Crippen LogP contribution in [0.1, 0.15) is 12.6 Å². The van der Waals surface area contributed by atoms with Crippen LogP contribution in [-0.4, -0.2) is 48.5 Å². The van der Waals surface area contributed by atoms with Crippen LogP contribution in [0.5, 0.6) is 0 Å². The quantitative estimate of drug-likeness (QED) is 0.517. The Morgan fingerprint density at radius 1 is 1.55 bits per heavy atom. The minimum atomic E-state index is -0.798. The van der Waals surface area contributed by atoms with E-state index in [4.69, 9.17) is 15.6 Å². The Balaban J connectivity index is 2.13. The highest BCUT2D eigenvalue weighted by Crippen LogP contribution is 2.33. The van der Waals surface area contributed by atoms with Crippen molar-refractivity contribution in [2.75, 3.05) is 12.3 Å². The molecule has 10 heteroatoms. The van der Waals surface area contributed by atoms with Gasteiger partial charge in [0.15, 0.2) is 15.9 Å². The van der Waals surface area contributed by atoms with Gasteiger partial charge in [0.2, 0.25) is 5.95 Å². The standard InChI is InChI=1S/C10H12BrN5O4/c11-9-13-6-7(14-10(12)15-8(6)19)16(9)5-1-3(18)4(2-17)20-5/h3-5,17-18H,1-2H2,(H3,12,14,15,19)/t3-,4-,5-/m1/s1. The zero-order valence-corrected chi connectivity index (χ0v) is 11.7. The van der Waals surface area contributed by atoms with Crippen LogP contribution in [0, 0.1) is 0 Å². The molecule has 3 atom stereocenters. The van der Waals surface area contributed by atoms with E-state index in [9.17, 15) is 9.90 Å². The number of nitrogen functional groups attached to an aromatic ring is 1. The fourth-order valence-electron chi connectivity index (χ4n) is 2.27. The van der Waals surface area contributed by atoms with Gasteiger partial charge in [-0.05, 0) is 15.9 Å². The van der Waals surface area contributed by atoms with E-state index in [0.717, 1.165) is 0 Å². The van der Waals surface area contributed by atoms with Crippen molar-refractivity contribution in [3.63, 3.8) is 0 Å². The second kappa shape index (κ2) is 4.81. The molecule has 0 saturated carbocycles. The number of nitrogens with two attached hydrogens (primary N) is 1. The molecule has 0 unspecified atom stereocenters. The number of rotatable bonds is 2. The van der Waals surface area contributed by atoms with Crippen molar-refractivity contribution in [1.82, 2.24) is 19.5 Å². The number of imidazole rings is 1. The Morgan fingerprint density at radius 3 is 2.95 bits per heavy atom. The lowest BCUT2D eigenvalue weighted by molar-refractivity contribution is -0.0439. The molecule has 0 radical (unpaired) electrons. The lowest BCUT2D eigenvalue weighted by Gasteiger charge is -2.14. The number of hydrogen-bond acceptors (Lipinski definition) is 7. The molecule has 1 aliphatic heterocycles. The molecule has 20 heavy (non-hydrogen) atoms. The number of halogens is 1. The fourth-order valence-corrected chi connectivity index (χ4v) is 2.84. The first-order valence-corrected chi connectivity index (χ1v) is 6.68. The maximum atomic E-state index is 11.8. The van der Waals surface area contributed by atoms with Crippen LogP contribution in [0.3, 0.4) is 0 Å². The third kappa shape index (κ3) is 2.00. The van der Waals surface area contributed by atoms with Crippen molar-refractivity contribution < 1.29 is 14.9 Å². The van der Waals surface area contributed by atoms with Gasteiger partial charge in [0.1, 0.15) is 12.3 Å². The number of H-pyrrole nitrogens is 1. The number of ether oxygens (including phenoxy) is 1. The predicted molar refractivity (Wildman–Crippen MR) is 71.9 cm³/mol. The number of aliphatic hydroxyl groups excluding tert-OH is 2. The van der Waals surface area contributed by atoms with Crippen LogP contribution in [0.15, 0.2) is 9.53 Å². The first kappa shape index (κ1) is 13.5. The average molecular weight is 346 g/mol.